The van der Waals surface area contributed by atoms with Crippen molar-refractivity contribution < 1.29 is 31.5 Å². The number of aryl methyl sites for hydroxylation is 1. The van der Waals surface area contributed by atoms with Crippen LogP contribution in [-0.4, -0.2) is 76.2 Å². The molecular weight excluding hydrogens is 516 g/mol. The van der Waals surface area contributed by atoms with Crippen molar-refractivity contribution >= 4 is 39.8 Å². The lowest BCUT2D eigenvalue weighted by Crippen LogP contribution is -2.55. The van der Waals surface area contributed by atoms with E-state index in [4.69, 9.17) is 4.18 Å². The lowest BCUT2D eigenvalue weighted by atomic mass is 10.0. The SMILES string of the molecule is CSC(C)(OS(=O)(=O)O)C(=O)C1CCCN1C(=O)[C@@H]1C[C@@H]2CCC[C@@H]2N1C(=O)CCCc1ccccc1. The summed E-state index contributed by atoms with van der Waals surface area (Å²) in [6.45, 7) is 1.64. The summed E-state index contributed by atoms with van der Waals surface area (Å²) in [7, 11) is -4.88. The molecule has 2 heterocycles. The first-order valence-electron chi connectivity index (χ1n) is 13.0. The molecular formula is C26H36N2O7S2. The minimum Gasteiger partial charge on any atom is -0.331 e. The smallest absolute Gasteiger partial charge is 0.331 e. The molecule has 0 bridgehead atoms. The molecule has 2 aliphatic heterocycles. The molecule has 1 aromatic carbocycles. The fourth-order valence-corrected chi connectivity index (χ4v) is 7.61. The summed E-state index contributed by atoms with van der Waals surface area (Å²) in [5.74, 6) is -0.572. The van der Waals surface area contributed by atoms with Crippen LogP contribution in [0.4, 0.5) is 0 Å². The van der Waals surface area contributed by atoms with Crippen molar-refractivity contribution in [2.75, 3.05) is 12.8 Å². The van der Waals surface area contributed by atoms with Gasteiger partial charge in [-0.25, -0.2) is 4.18 Å². The highest BCUT2D eigenvalue weighted by Gasteiger charge is 2.52. The van der Waals surface area contributed by atoms with Crippen molar-refractivity contribution in [3.05, 3.63) is 35.9 Å². The average molecular weight is 553 g/mol. The highest BCUT2D eigenvalue weighted by Crippen LogP contribution is 2.43. The van der Waals surface area contributed by atoms with Crippen LogP contribution in [0.3, 0.4) is 0 Å². The van der Waals surface area contributed by atoms with Gasteiger partial charge in [0.25, 0.3) is 0 Å². The van der Waals surface area contributed by atoms with Gasteiger partial charge in [-0.1, -0.05) is 36.8 Å². The molecule has 3 aliphatic rings. The number of hydrogen-bond acceptors (Lipinski definition) is 7. The second-order valence-corrected chi connectivity index (χ2v) is 12.6. The first kappa shape index (κ1) is 28.1. The predicted molar refractivity (Wildman–Crippen MR) is 140 cm³/mol. The Morgan fingerprint density at radius 2 is 1.84 bits per heavy atom. The Labute approximate surface area is 223 Å². The maximum absolute atomic E-state index is 13.9. The van der Waals surface area contributed by atoms with Gasteiger partial charge in [0.15, 0.2) is 10.7 Å². The summed E-state index contributed by atoms with van der Waals surface area (Å²) in [5, 5.41) is 0. The van der Waals surface area contributed by atoms with Crippen LogP contribution in [0.25, 0.3) is 0 Å². The third-order valence-electron chi connectivity index (χ3n) is 8.05. The predicted octanol–water partition coefficient (Wildman–Crippen LogP) is 3.24. The van der Waals surface area contributed by atoms with Gasteiger partial charge in [-0.05, 0) is 69.6 Å². The first-order chi connectivity index (χ1) is 17.5. The van der Waals surface area contributed by atoms with Gasteiger partial charge in [0.05, 0.1) is 6.04 Å². The minimum atomic E-state index is -4.88. The van der Waals surface area contributed by atoms with Crippen LogP contribution in [0.1, 0.15) is 63.9 Å². The topological polar surface area (TPSA) is 121 Å². The van der Waals surface area contributed by atoms with Crippen LogP contribution < -0.4 is 0 Å². The number of benzene rings is 1. The molecule has 0 radical (unpaired) electrons. The number of carbonyl (C=O) groups excluding carboxylic acids is 3. The molecule has 3 fully saturated rings. The molecule has 204 valence electrons. The van der Waals surface area contributed by atoms with E-state index in [1.165, 1.54) is 23.6 Å². The highest BCUT2D eigenvalue weighted by molar-refractivity contribution is 8.01. The Morgan fingerprint density at radius 3 is 2.51 bits per heavy atom. The largest absolute Gasteiger partial charge is 0.399 e. The van der Waals surface area contributed by atoms with Crippen molar-refractivity contribution in [2.24, 2.45) is 5.92 Å². The molecule has 1 N–H and O–H groups in total. The van der Waals surface area contributed by atoms with E-state index in [2.05, 4.69) is 0 Å². The minimum absolute atomic E-state index is 0.0191. The number of ketones is 1. The molecule has 4 rings (SSSR count). The highest BCUT2D eigenvalue weighted by atomic mass is 32.3. The molecule has 0 spiro atoms. The Bertz CT molecular complexity index is 1110. The Hall–Kier alpha value is -1.95. The van der Waals surface area contributed by atoms with Crippen LogP contribution in [0.2, 0.25) is 0 Å². The fourth-order valence-electron chi connectivity index (χ4n) is 6.26. The van der Waals surface area contributed by atoms with Crippen LogP contribution in [0.15, 0.2) is 30.3 Å². The molecule has 1 saturated carbocycles. The van der Waals surface area contributed by atoms with Gasteiger partial charge >= 0.3 is 10.4 Å². The molecule has 5 atom stereocenters. The number of thioether (sulfide) groups is 1. The van der Waals surface area contributed by atoms with Crippen molar-refractivity contribution in [2.45, 2.75) is 87.8 Å². The number of Topliss-reactive ketones (excluding diaryl/α,β-unsaturated/α-hetero) is 1. The Morgan fingerprint density at radius 1 is 1.11 bits per heavy atom. The average Bonchev–Trinajstić information content (AvgIpc) is 3.58. The summed E-state index contributed by atoms with van der Waals surface area (Å²) in [5.41, 5.74) is 1.17. The monoisotopic (exact) mass is 552 g/mol. The molecule has 2 unspecified atom stereocenters. The molecule has 1 aromatic rings. The zero-order valence-corrected chi connectivity index (χ0v) is 23.0. The Balaban J connectivity index is 1.48. The van der Waals surface area contributed by atoms with Gasteiger partial charge in [0.2, 0.25) is 11.8 Å². The third-order valence-corrected chi connectivity index (χ3v) is 9.76. The van der Waals surface area contributed by atoms with E-state index in [0.717, 1.165) is 37.4 Å². The molecule has 9 nitrogen and oxygen atoms in total. The van der Waals surface area contributed by atoms with Crippen LogP contribution >= 0.6 is 11.8 Å². The van der Waals surface area contributed by atoms with Crippen molar-refractivity contribution in [3.8, 4) is 0 Å². The van der Waals surface area contributed by atoms with Gasteiger partial charge in [-0.3, -0.25) is 18.9 Å². The summed E-state index contributed by atoms with van der Waals surface area (Å²) < 4.78 is 36.8. The van der Waals surface area contributed by atoms with Crippen molar-refractivity contribution in [1.29, 1.82) is 0 Å². The standard InChI is InChI=1S/C26H36N2O7S2/c1-26(36-2,35-37(32,33)34)24(30)21-14-8-16-27(21)25(31)22-17-19-12-7-13-20(19)28(22)23(29)15-6-11-18-9-4-3-5-10-18/h3-5,9-10,19-22H,6-8,11-17H2,1-2H3,(H,32,33,34)/t19-,20-,21?,22-,26?/m0/s1. The molecule has 37 heavy (non-hydrogen) atoms. The first-order valence-corrected chi connectivity index (χ1v) is 15.6. The summed E-state index contributed by atoms with van der Waals surface area (Å²) in [4.78, 5) is 42.2. The van der Waals surface area contributed by atoms with Gasteiger partial charge in [-0.2, -0.15) is 8.42 Å². The normalized spacial score (nSPS) is 27.2. The number of hydrogen-bond donors (Lipinski definition) is 1. The van der Waals surface area contributed by atoms with Gasteiger partial charge in [0.1, 0.15) is 6.04 Å². The summed E-state index contributed by atoms with van der Waals surface area (Å²) >= 11 is 0.853. The van der Waals surface area contributed by atoms with E-state index < -0.39 is 33.2 Å². The van der Waals surface area contributed by atoms with E-state index in [1.807, 2.05) is 30.3 Å². The zero-order valence-electron chi connectivity index (χ0n) is 21.4. The second-order valence-electron chi connectivity index (χ2n) is 10.4. The van der Waals surface area contributed by atoms with Gasteiger partial charge in [-0.15, -0.1) is 11.8 Å². The van der Waals surface area contributed by atoms with E-state index in [9.17, 15) is 27.4 Å². The second kappa shape index (κ2) is 11.4. The summed E-state index contributed by atoms with van der Waals surface area (Å²) in [6.07, 6.45) is 7.81. The Kier molecular flexibility index (Phi) is 8.67. The van der Waals surface area contributed by atoms with Gasteiger partial charge < -0.3 is 9.80 Å². The molecule has 0 aromatic heterocycles. The summed E-state index contributed by atoms with van der Waals surface area (Å²) in [6, 6.07) is 8.56. The fraction of sp³-hybridized carbons (Fsp3) is 0.654. The third kappa shape index (κ3) is 6.21. The van der Waals surface area contributed by atoms with E-state index >= 15 is 0 Å². The lowest BCUT2D eigenvalue weighted by Gasteiger charge is -2.35. The van der Waals surface area contributed by atoms with Crippen LogP contribution in [0.5, 0.6) is 0 Å². The maximum Gasteiger partial charge on any atom is 0.399 e. The maximum atomic E-state index is 13.9. The van der Waals surface area contributed by atoms with Crippen molar-refractivity contribution in [1.82, 2.24) is 9.80 Å². The lowest BCUT2D eigenvalue weighted by molar-refractivity contribution is -0.149. The van der Waals surface area contributed by atoms with Crippen molar-refractivity contribution in [3.63, 3.8) is 0 Å². The van der Waals surface area contributed by atoms with Gasteiger partial charge in [0, 0.05) is 19.0 Å². The van der Waals surface area contributed by atoms with E-state index in [-0.39, 0.29) is 23.8 Å². The number of amides is 2. The quantitative estimate of drug-likeness (QED) is 0.347. The number of rotatable bonds is 10. The number of fused-ring (bicyclic) bond motifs is 1. The zero-order chi connectivity index (χ0) is 26.8. The molecule has 2 amide bonds. The number of likely N-dealkylation sites (tertiary alicyclic amines) is 2. The molecule has 2 saturated heterocycles. The van der Waals surface area contributed by atoms with Crippen LogP contribution in [0, 0.1) is 5.92 Å². The number of carbonyl (C=O) groups is 3. The number of nitrogens with zero attached hydrogens (tertiary/aromatic N) is 2. The molecule has 1 aliphatic carbocycles. The van der Waals surface area contributed by atoms with E-state index in [0.29, 0.717) is 38.6 Å². The van der Waals surface area contributed by atoms with E-state index in [1.54, 1.807) is 4.90 Å². The van der Waals surface area contributed by atoms with Crippen LogP contribution in [-0.2, 0) is 35.4 Å². The molecule has 11 heteroatoms.